The van der Waals surface area contributed by atoms with Crippen molar-refractivity contribution in [1.82, 2.24) is 0 Å². The number of rotatable bonds is 4. The van der Waals surface area contributed by atoms with Crippen LogP contribution in [0.2, 0.25) is 0 Å². The van der Waals surface area contributed by atoms with Gasteiger partial charge < -0.3 is 9.84 Å². The minimum atomic E-state index is 0.0672. The molecule has 84 valence electrons. The maximum atomic E-state index is 8.89. The van der Waals surface area contributed by atoms with Gasteiger partial charge in [0.2, 0.25) is 0 Å². The van der Waals surface area contributed by atoms with Crippen molar-refractivity contribution < 1.29 is 9.84 Å². The van der Waals surface area contributed by atoms with Gasteiger partial charge in [0.25, 0.3) is 0 Å². The van der Waals surface area contributed by atoms with E-state index in [2.05, 4.69) is 21.3 Å². The molecule has 0 aliphatic rings. The normalized spacial score (nSPS) is 10.4. The Kier molecular flexibility index (Phi) is 3.98. The lowest BCUT2D eigenvalue weighted by atomic mass is 10.2. The summed E-state index contributed by atoms with van der Waals surface area (Å²) in [5, 5.41) is 11.0. The number of ether oxygens (including phenoxy) is 1. The Bertz CT molecular complexity index is 450. The van der Waals surface area contributed by atoms with Crippen LogP contribution in [-0.2, 0) is 13.2 Å². The van der Waals surface area contributed by atoms with Crippen LogP contribution in [0, 0.1) is 0 Å². The third-order valence-corrected chi connectivity index (χ3v) is 3.69. The smallest absolute Gasteiger partial charge is 0.119 e. The molecule has 2 nitrogen and oxygen atoms in total. The van der Waals surface area contributed by atoms with Crippen LogP contribution in [0.4, 0.5) is 0 Å². The fraction of sp³-hybridized carbons (Fsp3) is 0.167. The van der Waals surface area contributed by atoms with Gasteiger partial charge in [0, 0.05) is 5.56 Å². The summed E-state index contributed by atoms with van der Waals surface area (Å²) in [7, 11) is 0. The number of thiophene rings is 1. The molecule has 1 aromatic heterocycles. The van der Waals surface area contributed by atoms with Crippen LogP contribution in [0.5, 0.6) is 5.75 Å². The van der Waals surface area contributed by atoms with Crippen molar-refractivity contribution in [2.75, 3.05) is 0 Å². The zero-order valence-electron chi connectivity index (χ0n) is 8.52. The van der Waals surface area contributed by atoms with Crippen LogP contribution in [-0.4, -0.2) is 5.11 Å². The zero-order valence-corrected chi connectivity index (χ0v) is 10.9. The third-order valence-electron chi connectivity index (χ3n) is 2.13. The van der Waals surface area contributed by atoms with E-state index < -0.39 is 0 Å². The van der Waals surface area contributed by atoms with Gasteiger partial charge in [-0.3, -0.25) is 0 Å². The van der Waals surface area contributed by atoms with Gasteiger partial charge in [0.05, 0.1) is 10.4 Å². The molecule has 1 aromatic carbocycles. The average molecular weight is 299 g/mol. The highest BCUT2D eigenvalue weighted by Crippen LogP contribution is 2.22. The van der Waals surface area contributed by atoms with Crippen molar-refractivity contribution in [3.05, 3.63) is 50.6 Å². The molecule has 0 aliphatic carbocycles. The van der Waals surface area contributed by atoms with Gasteiger partial charge in [0.15, 0.2) is 0 Å². The van der Waals surface area contributed by atoms with Crippen LogP contribution in [0.25, 0.3) is 0 Å². The van der Waals surface area contributed by atoms with E-state index in [1.165, 1.54) is 0 Å². The van der Waals surface area contributed by atoms with Crippen molar-refractivity contribution in [3.8, 4) is 5.75 Å². The lowest BCUT2D eigenvalue weighted by molar-refractivity contribution is 0.280. The molecular formula is C12H11BrO2S. The molecule has 0 atom stereocenters. The molecule has 0 bridgehead atoms. The first-order chi connectivity index (χ1) is 7.78. The van der Waals surface area contributed by atoms with Crippen LogP contribution >= 0.6 is 27.3 Å². The predicted octanol–water partition coefficient (Wildman–Crippen LogP) is 3.58. The van der Waals surface area contributed by atoms with Crippen LogP contribution < -0.4 is 4.74 Å². The molecule has 0 saturated heterocycles. The Hall–Kier alpha value is -0.840. The minimum Gasteiger partial charge on any atom is -0.489 e. The summed E-state index contributed by atoms with van der Waals surface area (Å²) in [5.74, 6) is 0.819. The molecule has 0 aliphatic heterocycles. The second-order valence-corrected chi connectivity index (χ2v) is 5.64. The number of hydrogen-bond donors (Lipinski definition) is 1. The van der Waals surface area contributed by atoms with Crippen molar-refractivity contribution in [2.45, 2.75) is 13.2 Å². The molecule has 2 rings (SSSR count). The Balaban J connectivity index is 1.94. The molecule has 0 unspecified atom stereocenters. The first-order valence-corrected chi connectivity index (χ1v) is 6.50. The van der Waals surface area contributed by atoms with Crippen molar-refractivity contribution in [1.29, 1.82) is 0 Å². The molecular weight excluding hydrogens is 288 g/mol. The fourth-order valence-electron chi connectivity index (χ4n) is 1.28. The average Bonchev–Trinajstić information content (AvgIpc) is 2.73. The monoisotopic (exact) mass is 298 g/mol. The standard InChI is InChI=1S/C12H11BrO2S/c13-12-5-10(8-16-12)7-15-11-3-1-9(6-14)2-4-11/h1-5,8,14H,6-7H2. The highest BCUT2D eigenvalue weighted by Gasteiger charge is 1.99. The minimum absolute atomic E-state index is 0.0672. The Labute approximate surface area is 107 Å². The molecule has 0 radical (unpaired) electrons. The molecule has 0 fully saturated rings. The van der Waals surface area contributed by atoms with Crippen molar-refractivity contribution in [2.24, 2.45) is 0 Å². The van der Waals surface area contributed by atoms with E-state index in [9.17, 15) is 0 Å². The van der Waals surface area contributed by atoms with Crippen LogP contribution in [0.3, 0.4) is 0 Å². The quantitative estimate of drug-likeness (QED) is 0.935. The molecule has 0 amide bonds. The zero-order chi connectivity index (χ0) is 11.4. The lowest BCUT2D eigenvalue weighted by Crippen LogP contribution is -1.93. The topological polar surface area (TPSA) is 29.5 Å². The summed E-state index contributed by atoms with van der Waals surface area (Å²) in [6.07, 6.45) is 0. The van der Waals surface area contributed by atoms with E-state index in [0.29, 0.717) is 6.61 Å². The molecule has 0 saturated carbocycles. The molecule has 16 heavy (non-hydrogen) atoms. The van der Waals surface area contributed by atoms with E-state index in [1.807, 2.05) is 30.3 Å². The fourth-order valence-corrected chi connectivity index (χ4v) is 2.47. The predicted molar refractivity (Wildman–Crippen MR) is 68.7 cm³/mol. The van der Waals surface area contributed by atoms with Gasteiger partial charge in [-0.05, 0) is 45.1 Å². The summed E-state index contributed by atoms with van der Waals surface area (Å²) < 4.78 is 6.72. The largest absolute Gasteiger partial charge is 0.489 e. The summed E-state index contributed by atoms with van der Waals surface area (Å²) in [6, 6.07) is 9.50. The third kappa shape index (κ3) is 3.07. The molecule has 0 spiro atoms. The SMILES string of the molecule is OCc1ccc(OCc2csc(Br)c2)cc1. The first kappa shape index (κ1) is 11.6. The number of aliphatic hydroxyl groups excluding tert-OH is 1. The van der Waals surface area contributed by atoms with Crippen LogP contribution in [0.15, 0.2) is 39.5 Å². The van der Waals surface area contributed by atoms with Gasteiger partial charge in [-0.2, -0.15) is 0 Å². The van der Waals surface area contributed by atoms with E-state index in [-0.39, 0.29) is 6.61 Å². The maximum Gasteiger partial charge on any atom is 0.119 e. The van der Waals surface area contributed by atoms with E-state index in [0.717, 1.165) is 20.7 Å². The second kappa shape index (κ2) is 5.48. The lowest BCUT2D eigenvalue weighted by Gasteiger charge is -2.05. The number of halogens is 1. The van der Waals surface area contributed by atoms with Crippen molar-refractivity contribution >= 4 is 27.3 Å². The summed E-state index contributed by atoms with van der Waals surface area (Å²) in [6.45, 7) is 0.637. The highest BCUT2D eigenvalue weighted by atomic mass is 79.9. The molecule has 1 N–H and O–H groups in total. The van der Waals surface area contributed by atoms with E-state index >= 15 is 0 Å². The van der Waals surface area contributed by atoms with E-state index in [1.54, 1.807) is 11.3 Å². The summed E-state index contributed by atoms with van der Waals surface area (Å²) in [5.41, 5.74) is 2.05. The number of benzene rings is 1. The number of hydrogen-bond acceptors (Lipinski definition) is 3. The van der Waals surface area contributed by atoms with Gasteiger partial charge in [-0.15, -0.1) is 11.3 Å². The Morgan fingerprint density at radius 2 is 1.94 bits per heavy atom. The van der Waals surface area contributed by atoms with Gasteiger partial charge in [-0.25, -0.2) is 0 Å². The van der Waals surface area contributed by atoms with Crippen molar-refractivity contribution in [3.63, 3.8) is 0 Å². The van der Waals surface area contributed by atoms with Crippen LogP contribution in [0.1, 0.15) is 11.1 Å². The van der Waals surface area contributed by atoms with Gasteiger partial charge in [-0.1, -0.05) is 12.1 Å². The molecule has 4 heteroatoms. The van der Waals surface area contributed by atoms with Gasteiger partial charge >= 0.3 is 0 Å². The highest BCUT2D eigenvalue weighted by molar-refractivity contribution is 9.11. The Morgan fingerprint density at radius 1 is 1.19 bits per heavy atom. The Morgan fingerprint density at radius 3 is 2.50 bits per heavy atom. The summed E-state index contributed by atoms with van der Waals surface area (Å²) >= 11 is 5.06. The molecule has 1 heterocycles. The maximum absolute atomic E-state index is 8.89. The summed E-state index contributed by atoms with van der Waals surface area (Å²) in [4.78, 5) is 0. The number of aliphatic hydroxyl groups is 1. The molecule has 2 aromatic rings. The van der Waals surface area contributed by atoms with E-state index in [4.69, 9.17) is 9.84 Å². The first-order valence-electron chi connectivity index (χ1n) is 4.83. The van der Waals surface area contributed by atoms with Gasteiger partial charge in [0.1, 0.15) is 12.4 Å². The second-order valence-electron chi connectivity index (χ2n) is 3.35.